The smallest absolute Gasteiger partial charge is 0.0541 e. The van der Waals surface area contributed by atoms with Crippen LogP contribution in [0.25, 0.3) is 88.4 Å². The third-order valence-corrected chi connectivity index (χ3v) is 14.4. The van der Waals surface area contributed by atoms with Gasteiger partial charge in [-0.1, -0.05) is 153 Å². The lowest BCUT2D eigenvalue weighted by Gasteiger charge is -2.28. The molecule has 0 atom stereocenters. The quantitative estimate of drug-likeness (QED) is 0.156. The number of para-hydroxylation sites is 3. The van der Waals surface area contributed by atoms with E-state index in [-0.39, 0.29) is 5.41 Å². The predicted octanol–water partition coefficient (Wildman–Crippen LogP) is 17.3. The third-order valence-electron chi connectivity index (χ3n) is 14.4. The van der Waals surface area contributed by atoms with Crippen molar-refractivity contribution in [1.82, 2.24) is 9.13 Å². The number of rotatable bonds is 7. The summed E-state index contributed by atoms with van der Waals surface area (Å²) in [5.74, 6) is 0. The molecule has 67 heavy (non-hydrogen) atoms. The van der Waals surface area contributed by atoms with Crippen LogP contribution in [0.3, 0.4) is 0 Å². The summed E-state index contributed by atoms with van der Waals surface area (Å²) in [6.45, 7) is 6.93. The maximum absolute atomic E-state index is 2.47. The molecule has 0 radical (unpaired) electrons. The van der Waals surface area contributed by atoms with E-state index in [2.05, 4.69) is 265 Å². The average Bonchev–Trinajstić information content (AvgIpc) is 3.97. The average molecular weight is 858 g/mol. The van der Waals surface area contributed by atoms with E-state index in [1.54, 1.807) is 0 Å². The van der Waals surface area contributed by atoms with Gasteiger partial charge < -0.3 is 14.0 Å². The van der Waals surface area contributed by atoms with E-state index in [4.69, 9.17) is 0 Å². The van der Waals surface area contributed by atoms with Gasteiger partial charge in [0.15, 0.2) is 0 Å². The molecule has 0 saturated carbocycles. The van der Waals surface area contributed by atoms with Gasteiger partial charge in [0.1, 0.15) is 0 Å². The summed E-state index contributed by atoms with van der Waals surface area (Å²) < 4.78 is 4.85. The molecule has 1 aliphatic rings. The molecule has 0 spiro atoms. The first kappa shape index (κ1) is 39.0. The lowest BCUT2D eigenvalue weighted by molar-refractivity contribution is 0.660. The van der Waals surface area contributed by atoms with Crippen molar-refractivity contribution in [2.24, 2.45) is 0 Å². The van der Waals surface area contributed by atoms with Crippen LogP contribution in [0, 0.1) is 6.92 Å². The Kier molecular flexibility index (Phi) is 8.78. The molecule has 0 amide bonds. The Labute approximate surface area is 391 Å². The molecule has 3 nitrogen and oxygen atoms in total. The van der Waals surface area contributed by atoms with Crippen LogP contribution in [0.2, 0.25) is 0 Å². The van der Waals surface area contributed by atoms with Crippen molar-refractivity contribution in [3.8, 4) is 44.8 Å². The molecule has 13 rings (SSSR count). The van der Waals surface area contributed by atoms with Crippen LogP contribution in [0.1, 0.15) is 30.5 Å². The fourth-order valence-corrected chi connectivity index (χ4v) is 11.0. The van der Waals surface area contributed by atoms with Gasteiger partial charge in [0.05, 0.1) is 22.1 Å². The largest absolute Gasteiger partial charge is 0.310 e. The van der Waals surface area contributed by atoms with Gasteiger partial charge in [-0.25, -0.2) is 0 Å². The van der Waals surface area contributed by atoms with Crippen LogP contribution < -0.4 is 4.90 Å². The van der Waals surface area contributed by atoms with Gasteiger partial charge in [-0.15, -0.1) is 0 Å². The summed E-state index contributed by atoms with van der Waals surface area (Å²) in [5.41, 5.74) is 21.7. The fourth-order valence-electron chi connectivity index (χ4n) is 11.0. The summed E-state index contributed by atoms with van der Waals surface area (Å²) in [6.07, 6.45) is 0. The van der Waals surface area contributed by atoms with E-state index >= 15 is 0 Å². The molecule has 0 bridgehead atoms. The van der Waals surface area contributed by atoms with Crippen molar-refractivity contribution in [2.45, 2.75) is 26.2 Å². The second kappa shape index (κ2) is 15.1. The molecule has 0 saturated heterocycles. The molecule has 318 valence electrons. The number of anilines is 3. The number of hydrogen-bond donors (Lipinski definition) is 0. The molecular weight excluding hydrogens is 811 g/mol. The Morgan fingerprint density at radius 3 is 1.39 bits per heavy atom. The topological polar surface area (TPSA) is 13.1 Å². The van der Waals surface area contributed by atoms with Gasteiger partial charge in [-0.2, -0.15) is 0 Å². The molecule has 12 aromatic rings. The zero-order valence-corrected chi connectivity index (χ0v) is 37.8. The van der Waals surface area contributed by atoms with E-state index < -0.39 is 0 Å². The highest BCUT2D eigenvalue weighted by molar-refractivity contribution is 6.13. The van der Waals surface area contributed by atoms with Crippen LogP contribution in [-0.2, 0) is 5.41 Å². The van der Waals surface area contributed by atoms with E-state index in [1.165, 1.54) is 105 Å². The van der Waals surface area contributed by atoms with E-state index in [1.807, 2.05) is 0 Å². The molecule has 0 fully saturated rings. The minimum atomic E-state index is -0.235. The third kappa shape index (κ3) is 6.19. The summed E-state index contributed by atoms with van der Waals surface area (Å²) in [4.78, 5) is 2.40. The van der Waals surface area contributed by atoms with Crippen LogP contribution in [0.5, 0.6) is 0 Å². The lowest BCUT2D eigenvalue weighted by atomic mass is 9.82. The monoisotopic (exact) mass is 857 g/mol. The Morgan fingerprint density at radius 1 is 0.328 bits per heavy atom. The second-order valence-electron chi connectivity index (χ2n) is 18.7. The van der Waals surface area contributed by atoms with Gasteiger partial charge in [0.2, 0.25) is 0 Å². The molecule has 1 aliphatic carbocycles. The van der Waals surface area contributed by atoms with Gasteiger partial charge in [0, 0.05) is 55.4 Å². The predicted molar refractivity (Wildman–Crippen MR) is 283 cm³/mol. The highest BCUT2D eigenvalue weighted by Crippen LogP contribution is 2.52. The van der Waals surface area contributed by atoms with E-state index in [9.17, 15) is 0 Å². The van der Waals surface area contributed by atoms with E-state index in [0.717, 1.165) is 17.1 Å². The second-order valence-corrected chi connectivity index (χ2v) is 18.7. The van der Waals surface area contributed by atoms with Crippen molar-refractivity contribution in [1.29, 1.82) is 0 Å². The van der Waals surface area contributed by atoms with Crippen molar-refractivity contribution < 1.29 is 0 Å². The molecule has 3 heteroatoms. The van der Waals surface area contributed by atoms with Gasteiger partial charge in [-0.3, -0.25) is 0 Å². The maximum Gasteiger partial charge on any atom is 0.0541 e. The molecule has 10 aromatic carbocycles. The van der Waals surface area contributed by atoms with Crippen molar-refractivity contribution in [3.63, 3.8) is 0 Å². The normalized spacial score (nSPS) is 12.8. The van der Waals surface area contributed by atoms with Gasteiger partial charge >= 0.3 is 0 Å². The Hall–Kier alpha value is -8.40. The Morgan fingerprint density at radius 2 is 0.776 bits per heavy atom. The van der Waals surface area contributed by atoms with Crippen LogP contribution in [-0.4, -0.2) is 9.13 Å². The summed E-state index contributed by atoms with van der Waals surface area (Å²) >= 11 is 0. The van der Waals surface area contributed by atoms with Crippen molar-refractivity contribution in [2.75, 3.05) is 4.90 Å². The van der Waals surface area contributed by atoms with Crippen LogP contribution in [0.4, 0.5) is 17.1 Å². The molecule has 0 unspecified atom stereocenters. The van der Waals surface area contributed by atoms with Gasteiger partial charge in [0.25, 0.3) is 0 Å². The first-order valence-corrected chi connectivity index (χ1v) is 23.3. The maximum atomic E-state index is 2.47. The molecular formula is C64H47N3. The molecule has 0 aliphatic heterocycles. The first-order valence-electron chi connectivity index (χ1n) is 23.3. The number of aryl methyl sites for hydroxylation is 1. The minimum Gasteiger partial charge on any atom is -0.310 e. The number of hydrogen-bond acceptors (Lipinski definition) is 1. The standard InChI is InChI=1S/C64H47N3/c1-42-22-28-48(29-23-42)65(49-30-24-44(25-31-49)43-14-6-4-7-15-43)50-32-34-52-53-35-33-51(41-59(53)64(2,3)58(52)40-50)67-61-21-13-11-19-55(61)57-39-46(27-37-63(57)67)45-26-36-62-56(38-45)54-18-10-12-20-60(54)66(62)47-16-8-5-9-17-47/h4-41H,1-3H3. The molecule has 0 N–H and O–H groups in total. The van der Waals surface area contributed by atoms with Crippen LogP contribution >= 0.6 is 0 Å². The fraction of sp³-hybridized carbons (Fsp3) is 0.0625. The SMILES string of the molecule is Cc1ccc(N(c2ccc(-c3ccccc3)cc2)c2ccc3c(c2)C(C)(C)c2cc(-n4c5ccccc5c5cc(-c6ccc7c(c6)c6ccccc6n7-c6ccccc6)ccc54)ccc2-3)cc1. The highest BCUT2D eigenvalue weighted by atomic mass is 15.1. The van der Waals surface area contributed by atoms with Gasteiger partial charge in [-0.05, 0) is 148 Å². The summed E-state index contributed by atoms with van der Waals surface area (Å²) in [5, 5.41) is 5.02. The Bertz CT molecular complexity index is 3870. The zero-order valence-electron chi connectivity index (χ0n) is 37.8. The number of nitrogens with zero attached hydrogens (tertiary/aromatic N) is 3. The van der Waals surface area contributed by atoms with Crippen molar-refractivity contribution in [3.05, 3.63) is 247 Å². The van der Waals surface area contributed by atoms with Crippen molar-refractivity contribution >= 4 is 60.7 Å². The molecule has 2 heterocycles. The lowest BCUT2D eigenvalue weighted by Crippen LogP contribution is -2.17. The first-order chi connectivity index (χ1) is 32.9. The highest BCUT2D eigenvalue weighted by Gasteiger charge is 2.36. The van der Waals surface area contributed by atoms with Crippen LogP contribution in [0.15, 0.2) is 231 Å². The summed E-state index contributed by atoms with van der Waals surface area (Å²) in [6, 6.07) is 85.0. The number of benzene rings is 10. The number of fused-ring (bicyclic) bond motifs is 9. The molecule has 2 aromatic heterocycles. The van der Waals surface area contributed by atoms with E-state index in [0.29, 0.717) is 0 Å². The zero-order chi connectivity index (χ0) is 44.8. The number of aromatic nitrogens is 2. The summed E-state index contributed by atoms with van der Waals surface area (Å²) in [7, 11) is 0. The minimum absolute atomic E-state index is 0.235. The Balaban J connectivity index is 0.889.